The van der Waals surface area contributed by atoms with Crippen LogP contribution in [0.4, 0.5) is 5.69 Å². The SMILES string of the molecule is Cc1ccc(N(C)CCC(N)=S)c(C)c1. The third kappa shape index (κ3) is 3.51. The first-order valence-corrected chi connectivity index (χ1v) is 5.48. The molecule has 82 valence electrons. The smallest absolute Gasteiger partial charge is 0.0745 e. The number of hydrogen-bond acceptors (Lipinski definition) is 2. The Bertz CT molecular complexity index is 361. The summed E-state index contributed by atoms with van der Waals surface area (Å²) in [5.74, 6) is 0. The first kappa shape index (κ1) is 12.0. The topological polar surface area (TPSA) is 29.3 Å². The maximum absolute atomic E-state index is 5.49. The van der Waals surface area contributed by atoms with E-state index < -0.39 is 0 Å². The molecule has 0 saturated heterocycles. The van der Waals surface area contributed by atoms with Crippen LogP contribution in [-0.2, 0) is 0 Å². The lowest BCUT2D eigenvalue weighted by Crippen LogP contribution is -2.23. The Morgan fingerprint density at radius 2 is 2.07 bits per heavy atom. The number of nitrogens with two attached hydrogens (primary N) is 1. The largest absolute Gasteiger partial charge is 0.393 e. The molecule has 0 atom stereocenters. The third-order valence-corrected chi connectivity index (χ3v) is 2.66. The van der Waals surface area contributed by atoms with Gasteiger partial charge in [-0.25, -0.2) is 0 Å². The molecule has 15 heavy (non-hydrogen) atoms. The minimum Gasteiger partial charge on any atom is -0.393 e. The van der Waals surface area contributed by atoms with E-state index in [2.05, 4.69) is 44.0 Å². The summed E-state index contributed by atoms with van der Waals surface area (Å²) < 4.78 is 0. The molecule has 0 unspecified atom stereocenters. The maximum atomic E-state index is 5.49. The van der Waals surface area contributed by atoms with E-state index in [0.29, 0.717) is 4.99 Å². The predicted molar refractivity (Wildman–Crippen MR) is 70.6 cm³/mol. The summed E-state index contributed by atoms with van der Waals surface area (Å²) in [6, 6.07) is 6.45. The maximum Gasteiger partial charge on any atom is 0.0745 e. The molecule has 0 aliphatic heterocycles. The van der Waals surface area contributed by atoms with E-state index in [4.69, 9.17) is 18.0 Å². The van der Waals surface area contributed by atoms with Gasteiger partial charge < -0.3 is 10.6 Å². The average Bonchev–Trinajstić information content (AvgIpc) is 2.14. The molecular weight excluding hydrogens is 204 g/mol. The monoisotopic (exact) mass is 222 g/mol. The van der Waals surface area contributed by atoms with Crippen molar-refractivity contribution in [3.05, 3.63) is 29.3 Å². The average molecular weight is 222 g/mol. The summed E-state index contributed by atoms with van der Waals surface area (Å²) in [5, 5.41) is 0. The summed E-state index contributed by atoms with van der Waals surface area (Å²) in [7, 11) is 2.07. The Labute approximate surface area is 97.1 Å². The fraction of sp³-hybridized carbons (Fsp3) is 0.417. The van der Waals surface area contributed by atoms with E-state index in [1.807, 2.05) is 0 Å². The first-order valence-electron chi connectivity index (χ1n) is 5.07. The molecule has 1 rings (SSSR count). The van der Waals surface area contributed by atoms with Gasteiger partial charge in [0.25, 0.3) is 0 Å². The van der Waals surface area contributed by atoms with Crippen molar-refractivity contribution in [1.82, 2.24) is 0 Å². The van der Waals surface area contributed by atoms with Gasteiger partial charge in [0.1, 0.15) is 0 Å². The van der Waals surface area contributed by atoms with Crippen molar-refractivity contribution in [3.63, 3.8) is 0 Å². The van der Waals surface area contributed by atoms with Gasteiger partial charge in [0.15, 0.2) is 0 Å². The molecule has 2 nitrogen and oxygen atoms in total. The standard InChI is InChI=1S/C12H18N2S/c1-9-4-5-11(10(2)8-9)14(3)7-6-12(13)15/h4-5,8H,6-7H2,1-3H3,(H2,13,15). The van der Waals surface area contributed by atoms with Crippen LogP contribution in [0.25, 0.3) is 0 Å². The zero-order chi connectivity index (χ0) is 11.4. The number of anilines is 1. The van der Waals surface area contributed by atoms with Gasteiger partial charge >= 0.3 is 0 Å². The molecule has 0 aliphatic rings. The van der Waals surface area contributed by atoms with Crippen molar-refractivity contribution in [3.8, 4) is 0 Å². The van der Waals surface area contributed by atoms with Gasteiger partial charge in [0, 0.05) is 25.7 Å². The van der Waals surface area contributed by atoms with Gasteiger partial charge in [-0.05, 0) is 25.5 Å². The Kier molecular flexibility index (Phi) is 4.09. The van der Waals surface area contributed by atoms with Crippen LogP contribution in [0.1, 0.15) is 17.5 Å². The highest BCUT2D eigenvalue weighted by Gasteiger charge is 2.04. The number of rotatable bonds is 4. The molecule has 0 fully saturated rings. The third-order valence-electron chi connectivity index (χ3n) is 2.46. The minimum absolute atomic E-state index is 0.576. The fourth-order valence-corrected chi connectivity index (χ4v) is 1.72. The number of hydrogen-bond donors (Lipinski definition) is 1. The van der Waals surface area contributed by atoms with E-state index in [1.54, 1.807) is 0 Å². The zero-order valence-electron chi connectivity index (χ0n) is 9.58. The quantitative estimate of drug-likeness (QED) is 0.793. The van der Waals surface area contributed by atoms with E-state index in [0.717, 1.165) is 13.0 Å². The van der Waals surface area contributed by atoms with Crippen molar-refractivity contribution in [2.24, 2.45) is 5.73 Å². The molecule has 0 heterocycles. The number of benzene rings is 1. The number of thiocarbonyl (C=S) groups is 1. The van der Waals surface area contributed by atoms with Crippen LogP contribution < -0.4 is 10.6 Å². The zero-order valence-corrected chi connectivity index (χ0v) is 10.4. The van der Waals surface area contributed by atoms with Crippen LogP contribution in [0.3, 0.4) is 0 Å². The van der Waals surface area contributed by atoms with Crippen LogP contribution in [0, 0.1) is 13.8 Å². The lowest BCUT2D eigenvalue weighted by atomic mass is 10.1. The first-order chi connectivity index (χ1) is 7.00. The van der Waals surface area contributed by atoms with Crippen LogP contribution in [0.2, 0.25) is 0 Å². The van der Waals surface area contributed by atoms with Crippen molar-refractivity contribution in [2.75, 3.05) is 18.5 Å². The number of nitrogens with zero attached hydrogens (tertiary/aromatic N) is 1. The molecule has 2 N–H and O–H groups in total. The van der Waals surface area contributed by atoms with Gasteiger partial charge in [-0.1, -0.05) is 29.9 Å². The molecular formula is C12H18N2S. The summed E-state index contributed by atoms with van der Waals surface area (Å²) in [5.41, 5.74) is 9.32. The van der Waals surface area contributed by atoms with E-state index in [1.165, 1.54) is 16.8 Å². The molecule has 1 aromatic rings. The second-order valence-corrected chi connectivity index (χ2v) is 4.45. The summed E-state index contributed by atoms with van der Waals surface area (Å²) >= 11 is 4.87. The molecule has 0 amide bonds. The van der Waals surface area contributed by atoms with E-state index >= 15 is 0 Å². The molecule has 1 aromatic carbocycles. The van der Waals surface area contributed by atoms with Crippen LogP contribution in [-0.4, -0.2) is 18.6 Å². The van der Waals surface area contributed by atoms with Crippen LogP contribution in [0.5, 0.6) is 0 Å². The van der Waals surface area contributed by atoms with Crippen molar-refractivity contribution >= 4 is 22.9 Å². The summed E-state index contributed by atoms with van der Waals surface area (Å²) in [4.78, 5) is 2.76. The van der Waals surface area contributed by atoms with E-state index in [-0.39, 0.29) is 0 Å². The van der Waals surface area contributed by atoms with Gasteiger partial charge in [-0.15, -0.1) is 0 Å². The second-order valence-electron chi connectivity index (χ2n) is 3.93. The highest BCUT2D eigenvalue weighted by atomic mass is 32.1. The van der Waals surface area contributed by atoms with Crippen LogP contribution >= 0.6 is 12.2 Å². The van der Waals surface area contributed by atoms with Crippen molar-refractivity contribution in [2.45, 2.75) is 20.3 Å². The van der Waals surface area contributed by atoms with Gasteiger partial charge in [-0.3, -0.25) is 0 Å². The highest BCUT2D eigenvalue weighted by molar-refractivity contribution is 7.80. The Morgan fingerprint density at radius 3 is 2.60 bits per heavy atom. The molecule has 0 aliphatic carbocycles. The molecule has 0 aromatic heterocycles. The summed E-state index contributed by atoms with van der Waals surface area (Å²) in [6.07, 6.45) is 0.763. The van der Waals surface area contributed by atoms with Crippen LogP contribution in [0.15, 0.2) is 18.2 Å². The fourth-order valence-electron chi connectivity index (χ4n) is 1.63. The van der Waals surface area contributed by atoms with Gasteiger partial charge in [0.2, 0.25) is 0 Å². The Balaban J connectivity index is 2.73. The Hall–Kier alpha value is -1.09. The predicted octanol–water partition coefficient (Wildman–Crippen LogP) is 2.42. The van der Waals surface area contributed by atoms with Gasteiger partial charge in [-0.2, -0.15) is 0 Å². The number of aryl methyl sites for hydroxylation is 2. The minimum atomic E-state index is 0.576. The van der Waals surface area contributed by atoms with Gasteiger partial charge in [0.05, 0.1) is 4.99 Å². The lowest BCUT2D eigenvalue weighted by molar-refractivity contribution is 0.916. The Morgan fingerprint density at radius 1 is 1.40 bits per heavy atom. The second kappa shape index (κ2) is 5.12. The molecule has 0 saturated carbocycles. The molecule has 0 spiro atoms. The van der Waals surface area contributed by atoms with E-state index in [9.17, 15) is 0 Å². The summed E-state index contributed by atoms with van der Waals surface area (Å²) in [6.45, 7) is 5.10. The lowest BCUT2D eigenvalue weighted by Gasteiger charge is -2.21. The highest BCUT2D eigenvalue weighted by Crippen LogP contribution is 2.19. The molecule has 0 bridgehead atoms. The normalized spacial score (nSPS) is 10.1. The van der Waals surface area contributed by atoms with Crippen molar-refractivity contribution in [1.29, 1.82) is 0 Å². The molecule has 0 radical (unpaired) electrons. The van der Waals surface area contributed by atoms with Crippen molar-refractivity contribution < 1.29 is 0 Å². The molecule has 3 heteroatoms.